The van der Waals surface area contributed by atoms with Gasteiger partial charge in [0.2, 0.25) is 0 Å². The SMILES string of the molecule is CCOc1ccc(N2C(=O)C(Cl)=C(Nc3ccc(C(=O)Nc4ccc(C(=O)OC(C)C)cc4)cc3)C2=O)cc1. The number of nitrogens with zero attached hydrogens (tertiary/aromatic N) is 1. The monoisotopic (exact) mass is 547 g/mol. The molecule has 0 spiro atoms. The molecule has 0 saturated carbocycles. The minimum absolute atomic E-state index is 0.0659. The van der Waals surface area contributed by atoms with E-state index in [1.807, 2.05) is 6.92 Å². The van der Waals surface area contributed by atoms with Gasteiger partial charge in [-0.2, -0.15) is 0 Å². The van der Waals surface area contributed by atoms with Crippen molar-refractivity contribution in [2.75, 3.05) is 22.1 Å². The lowest BCUT2D eigenvalue weighted by atomic mass is 10.1. The van der Waals surface area contributed by atoms with Crippen molar-refractivity contribution in [2.45, 2.75) is 26.9 Å². The number of nitrogens with one attached hydrogen (secondary N) is 2. The molecule has 0 unspecified atom stereocenters. The van der Waals surface area contributed by atoms with E-state index in [-0.39, 0.29) is 22.7 Å². The zero-order valence-corrected chi connectivity index (χ0v) is 22.2. The molecule has 39 heavy (non-hydrogen) atoms. The molecule has 0 atom stereocenters. The summed E-state index contributed by atoms with van der Waals surface area (Å²) in [5.74, 6) is -1.44. The maximum atomic E-state index is 13.0. The van der Waals surface area contributed by atoms with Gasteiger partial charge in [0.05, 0.1) is 24.0 Å². The van der Waals surface area contributed by atoms with Crippen molar-refractivity contribution in [1.29, 1.82) is 0 Å². The summed E-state index contributed by atoms with van der Waals surface area (Å²) >= 11 is 6.21. The maximum absolute atomic E-state index is 13.0. The first-order chi connectivity index (χ1) is 18.7. The predicted molar refractivity (Wildman–Crippen MR) is 148 cm³/mol. The van der Waals surface area contributed by atoms with E-state index >= 15 is 0 Å². The van der Waals surface area contributed by atoms with Crippen molar-refractivity contribution in [1.82, 2.24) is 0 Å². The van der Waals surface area contributed by atoms with Crippen molar-refractivity contribution >= 4 is 52.4 Å². The standard InChI is InChI=1S/C29H26ClN3O6/c1-4-38-23-15-13-22(14-16-23)33-27(35)24(30)25(28(33)36)31-20-9-5-18(6-10-20)26(34)32-21-11-7-19(8-12-21)29(37)39-17(2)3/h5-17,31H,4H2,1-3H3,(H,32,34). The average Bonchev–Trinajstić information content (AvgIpc) is 3.12. The summed E-state index contributed by atoms with van der Waals surface area (Å²) in [6.45, 7) is 5.88. The van der Waals surface area contributed by atoms with Crippen LogP contribution in [-0.4, -0.2) is 36.4 Å². The second kappa shape index (κ2) is 11.8. The molecule has 3 amide bonds. The van der Waals surface area contributed by atoms with Gasteiger partial charge < -0.3 is 20.1 Å². The normalized spacial score (nSPS) is 13.1. The molecule has 2 N–H and O–H groups in total. The highest BCUT2D eigenvalue weighted by molar-refractivity contribution is 6.53. The molecular formula is C29H26ClN3O6. The van der Waals surface area contributed by atoms with E-state index in [1.54, 1.807) is 86.6 Å². The number of anilines is 3. The number of benzene rings is 3. The Hall–Kier alpha value is -4.63. The smallest absolute Gasteiger partial charge is 0.338 e. The van der Waals surface area contributed by atoms with E-state index in [1.165, 1.54) is 0 Å². The minimum Gasteiger partial charge on any atom is -0.494 e. The fourth-order valence-corrected chi connectivity index (χ4v) is 3.94. The molecule has 0 bridgehead atoms. The molecule has 3 aromatic rings. The molecule has 4 rings (SSSR count). The predicted octanol–water partition coefficient (Wildman–Crippen LogP) is 5.34. The van der Waals surface area contributed by atoms with E-state index in [0.717, 1.165) is 4.90 Å². The van der Waals surface area contributed by atoms with Crippen LogP contribution in [0.5, 0.6) is 5.75 Å². The third kappa shape index (κ3) is 6.27. The van der Waals surface area contributed by atoms with Gasteiger partial charge in [0.1, 0.15) is 16.5 Å². The number of hydrogen-bond donors (Lipinski definition) is 2. The van der Waals surface area contributed by atoms with Crippen LogP contribution in [0.2, 0.25) is 0 Å². The lowest BCUT2D eigenvalue weighted by molar-refractivity contribution is -0.120. The Morgan fingerprint density at radius 2 is 1.44 bits per heavy atom. The molecule has 9 nitrogen and oxygen atoms in total. The zero-order chi connectivity index (χ0) is 28.1. The van der Waals surface area contributed by atoms with E-state index in [0.29, 0.717) is 40.5 Å². The number of esters is 1. The first-order valence-corrected chi connectivity index (χ1v) is 12.6. The Morgan fingerprint density at radius 1 is 0.846 bits per heavy atom. The quantitative estimate of drug-likeness (QED) is 0.274. The van der Waals surface area contributed by atoms with Gasteiger partial charge in [-0.1, -0.05) is 11.6 Å². The molecule has 3 aromatic carbocycles. The molecule has 0 aliphatic carbocycles. The van der Waals surface area contributed by atoms with Crippen LogP contribution in [0.15, 0.2) is 83.5 Å². The molecule has 1 heterocycles. The largest absolute Gasteiger partial charge is 0.494 e. The minimum atomic E-state index is -0.646. The van der Waals surface area contributed by atoms with Crippen LogP contribution in [0.1, 0.15) is 41.5 Å². The lowest BCUT2D eigenvalue weighted by Gasteiger charge is -2.15. The molecule has 10 heteroatoms. The van der Waals surface area contributed by atoms with Gasteiger partial charge in [-0.25, -0.2) is 9.69 Å². The molecule has 1 aliphatic heterocycles. The molecular weight excluding hydrogens is 522 g/mol. The van der Waals surface area contributed by atoms with Crippen molar-refractivity contribution in [3.05, 3.63) is 94.7 Å². The topological polar surface area (TPSA) is 114 Å². The highest BCUT2D eigenvalue weighted by atomic mass is 35.5. The number of amides is 3. The lowest BCUT2D eigenvalue weighted by Crippen LogP contribution is -2.32. The Bertz CT molecular complexity index is 1430. The Labute approximate surface area is 230 Å². The number of carbonyl (C=O) groups is 4. The van der Waals surface area contributed by atoms with Crippen LogP contribution in [0, 0.1) is 0 Å². The van der Waals surface area contributed by atoms with E-state index < -0.39 is 17.8 Å². The van der Waals surface area contributed by atoms with Gasteiger partial charge in [0.25, 0.3) is 17.7 Å². The number of carbonyl (C=O) groups excluding carboxylic acids is 4. The second-order valence-electron chi connectivity index (χ2n) is 8.75. The number of ether oxygens (including phenoxy) is 2. The molecule has 0 radical (unpaired) electrons. The molecule has 0 aromatic heterocycles. The van der Waals surface area contributed by atoms with Crippen LogP contribution >= 0.6 is 11.6 Å². The van der Waals surface area contributed by atoms with E-state index in [2.05, 4.69) is 10.6 Å². The first kappa shape index (κ1) is 27.4. The Kier molecular flexibility index (Phi) is 8.31. The third-order valence-electron chi connectivity index (χ3n) is 5.57. The highest BCUT2D eigenvalue weighted by Gasteiger charge is 2.39. The first-order valence-electron chi connectivity index (χ1n) is 12.2. The number of halogens is 1. The fraction of sp³-hybridized carbons (Fsp3) is 0.172. The van der Waals surface area contributed by atoms with E-state index in [4.69, 9.17) is 21.1 Å². The second-order valence-corrected chi connectivity index (χ2v) is 9.13. The van der Waals surface area contributed by atoms with Crippen molar-refractivity contribution in [3.8, 4) is 5.75 Å². The van der Waals surface area contributed by atoms with Gasteiger partial charge in [0, 0.05) is 16.9 Å². The Morgan fingerprint density at radius 3 is 2.03 bits per heavy atom. The van der Waals surface area contributed by atoms with Crippen LogP contribution in [0.3, 0.4) is 0 Å². The van der Waals surface area contributed by atoms with Crippen LogP contribution in [0.4, 0.5) is 17.1 Å². The molecule has 1 aliphatic rings. The van der Waals surface area contributed by atoms with Gasteiger partial charge in [-0.3, -0.25) is 14.4 Å². The van der Waals surface area contributed by atoms with E-state index in [9.17, 15) is 19.2 Å². The summed E-state index contributed by atoms with van der Waals surface area (Å²) in [5, 5.41) is 5.40. The molecule has 200 valence electrons. The van der Waals surface area contributed by atoms with Gasteiger partial charge in [-0.15, -0.1) is 0 Å². The van der Waals surface area contributed by atoms with Crippen molar-refractivity contribution in [2.24, 2.45) is 0 Å². The summed E-state index contributed by atoms with van der Waals surface area (Å²) in [4.78, 5) is 51.4. The van der Waals surface area contributed by atoms with Crippen molar-refractivity contribution < 1.29 is 28.7 Å². The Balaban J connectivity index is 1.40. The highest BCUT2D eigenvalue weighted by Crippen LogP contribution is 2.31. The summed E-state index contributed by atoms with van der Waals surface area (Å²) in [6.07, 6.45) is -0.230. The molecule has 0 fully saturated rings. The summed E-state index contributed by atoms with van der Waals surface area (Å²) in [5.41, 5.74) is 2.00. The maximum Gasteiger partial charge on any atom is 0.338 e. The van der Waals surface area contributed by atoms with Crippen LogP contribution in [-0.2, 0) is 14.3 Å². The van der Waals surface area contributed by atoms with Gasteiger partial charge in [-0.05, 0) is 93.6 Å². The average molecular weight is 548 g/mol. The summed E-state index contributed by atoms with van der Waals surface area (Å²) in [6, 6.07) is 19.2. The summed E-state index contributed by atoms with van der Waals surface area (Å²) in [7, 11) is 0. The fourth-order valence-electron chi connectivity index (χ4n) is 3.73. The molecule has 0 saturated heterocycles. The van der Waals surface area contributed by atoms with Gasteiger partial charge >= 0.3 is 5.97 Å². The number of hydrogen-bond acceptors (Lipinski definition) is 7. The third-order valence-corrected chi connectivity index (χ3v) is 5.92. The zero-order valence-electron chi connectivity index (χ0n) is 21.5. The number of rotatable bonds is 9. The van der Waals surface area contributed by atoms with Crippen LogP contribution in [0.25, 0.3) is 0 Å². The number of imide groups is 1. The van der Waals surface area contributed by atoms with Crippen molar-refractivity contribution in [3.63, 3.8) is 0 Å². The van der Waals surface area contributed by atoms with Gasteiger partial charge in [0.15, 0.2) is 0 Å². The summed E-state index contributed by atoms with van der Waals surface area (Å²) < 4.78 is 10.6. The van der Waals surface area contributed by atoms with Crippen LogP contribution < -0.4 is 20.3 Å².